The molecule has 1 saturated carbocycles. The fraction of sp³-hybridized carbons (Fsp3) is 0.421. The number of hydrogen-bond donors (Lipinski definition) is 1. The van der Waals surface area contributed by atoms with Crippen LogP contribution in [0.15, 0.2) is 29.6 Å². The van der Waals surface area contributed by atoms with Crippen LogP contribution in [0.4, 0.5) is 10.5 Å². The fourth-order valence-corrected chi connectivity index (χ4v) is 3.34. The molecule has 0 atom stereocenters. The maximum Gasteiger partial charge on any atom is 0.357 e. The molecule has 2 amide bonds. The Hall–Kier alpha value is -2.61. The Bertz CT molecular complexity index is 787. The first-order valence-electron chi connectivity index (χ1n) is 9.02. The number of anilines is 1. The van der Waals surface area contributed by atoms with Crippen LogP contribution < -0.4 is 10.1 Å². The van der Waals surface area contributed by atoms with Gasteiger partial charge in [-0.05, 0) is 51.0 Å². The van der Waals surface area contributed by atoms with E-state index < -0.39 is 5.97 Å². The van der Waals surface area contributed by atoms with Crippen molar-refractivity contribution in [2.75, 3.05) is 18.5 Å². The van der Waals surface area contributed by atoms with Crippen LogP contribution in [-0.2, 0) is 11.3 Å². The number of nitrogens with zero attached hydrogens (tertiary/aromatic N) is 2. The highest BCUT2D eigenvalue weighted by atomic mass is 32.1. The number of thiazole rings is 1. The first-order chi connectivity index (χ1) is 13.1. The lowest BCUT2D eigenvalue weighted by atomic mass is 10.3. The SMILES string of the molecule is CCOC(=O)c1csc(CN(C(=O)Nc2ccc(OCC)cc2)C2CC2)n1. The molecule has 0 bridgehead atoms. The molecule has 2 aromatic rings. The van der Waals surface area contributed by atoms with Crippen molar-refractivity contribution in [3.05, 3.63) is 40.3 Å². The van der Waals surface area contributed by atoms with Gasteiger partial charge in [0.15, 0.2) is 5.69 Å². The van der Waals surface area contributed by atoms with Crippen LogP contribution in [0, 0.1) is 0 Å². The largest absolute Gasteiger partial charge is 0.494 e. The second-order valence-corrected chi connectivity index (χ2v) is 7.04. The van der Waals surface area contributed by atoms with Crippen molar-refractivity contribution in [2.45, 2.75) is 39.3 Å². The van der Waals surface area contributed by atoms with E-state index in [1.165, 1.54) is 11.3 Å². The number of nitrogens with one attached hydrogen (secondary N) is 1. The van der Waals surface area contributed by atoms with Gasteiger partial charge in [0.25, 0.3) is 0 Å². The Morgan fingerprint density at radius 1 is 1.22 bits per heavy atom. The van der Waals surface area contributed by atoms with Crippen molar-refractivity contribution in [1.29, 1.82) is 0 Å². The lowest BCUT2D eigenvalue weighted by Gasteiger charge is -2.21. The summed E-state index contributed by atoms with van der Waals surface area (Å²) in [6.07, 6.45) is 1.96. The number of carbonyl (C=O) groups is 2. The van der Waals surface area contributed by atoms with Crippen LogP contribution in [0.5, 0.6) is 5.75 Å². The molecule has 0 unspecified atom stereocenters. The van der Waals surface area contributed by atoms with Crippen LogP contribution in [0.1, 0.15) is 42.2 Å². The molecule has 0 saturated heterocycles. The molecule has 1 aliphatic rings. The molecule has 1 heterocycles. The minimum absolute atomic E-state index is 0.172. The maximum absolute atomic E-state index is 12.7. The fourth-order valence-electron chi connectivity index (χ4n) is 2.58. The van der Waals surface area contributed by atoms with Crippen LogP contribution in [0.2, 0.25) is 0 Å². The zero-order valence-electron chi connectivity index (χ0n) is 15.4. The van der Waals surface area contributed by atoms with E-state index in [2.05, 4.69) is 10.3 Å². The Labute approximate surface area is 162 Å². The molecule has 1 N–H and O–H groups in total. The van der Waals surface area contributed by atoms with E-state index in [0.717, 1.165) is 18.6 Å². The standard InChI is InChI=1S/C19H23N3O4S/c1-3-25-15-9-5-13(6-10-15)20-19(24)22(14-7-8-14)11-17-21-16(12-27-17)18(23)26-4-2/h5-6,9-10,12,14H,3-4,7-8,11H2,1-2H3,(H,20,24). The lowest BCUT2D eigenvalue weighted by Crippen LogP contribution is -2.36. The van der Waals surface area contributed by atoms with Gasteiger partial charge in [-0.2, -0.15) is 0 Å². The first-order valence-corrected chi connectivity index (χ1v) is 9.90. The topological polar surface area (TPSA) is 80.8 Å². The van der Waals surface area contributed by atoms with Crippen LogP contribution in [0.25, 0.3) is 0 Å². The highest BCUT2D eigenvalue weighted by Crippen LogP contribution is 2.30. The molecule has 7 nitrogen and oxygen atoms in total. The van der Waals surface area contributed by atoms with Gasteiger partial charge in [0.1, 0.15) is 10.8 Å². The number of aromatic nitrogens is 1. The third kappa shape index (κ3) is 5.19. The maximum atomic E-state index is 12.7. The van der Waals surface area contributed by atoms with Gasteiger partial charge >= 0.3 is 12.0 Å². The molecule has 0 radical (unpaired) electrons. The number of urea groups is 1. The first kappa shape index (κ1) is 19.2. The molecule has 1 fully saturated rings. The summed E-state index contributed by atoms with van der Waals surface area (Å²) in [6.45, 7) is 4.96. The summed E-state index contributed by atoms with van der Waals surface area (Å²) in [6, 6.07) is 7.32. The average molecular weight is 389 g/mol. The summed E-state index contributed by atoms with van der Waals surface area (Å²) < 4.78 is 10.4. The summed E-state index contributed by atoms with van der Waals surface area (Å²) in [5.41, 5.74) is 1.000. The second-order valence-electron chi connectivity index (χ2n) is 6.09. The second kappa shape index (κ2) is 8.85. The molecule has 1 aromatic heterocycles. The number of hydrogen-bond acceptors (Lipinski definition) is 6. The minimum atomic E-state index is -0.434. The number of ether oxygens (including phenoxy) is 2. The summed E-state index contributed by atoms with van der Waals surface area (Å²) in [4.78, 5) is 30.6. The van der Waals surface area contributed by atoms with E-state index in [9.17, 15) is 9.59 Å². The number of amides is 2. The summed E-state index contributed by atoms with van der Waals surface area (Å²) in [5, 5.41) is 5.30. The van der Waals surface area contributed by atoms with Crippen molar-refractivity contribution in [1.82, 2.24) is 9.88 Å². The van der Waals surface area contributed by atoms with E-state index in [1.807, 2.05) is 31.2 Å². The summed E-state index contributed by atoms with van der Waals surface area (Å²) in [5.74, 6) is 0.334. The molecular weight excluding hydrogens is 366 g/mol. The van der Waals surface area contributed by atoms with Crippen molar-refractivity contribution in [3.8, 4) is 5.75 Å². The highest BCUT2D eigenvalue weighted by molar-refractivity contribution is 7.09. The summed E-state index contributed by atoms with van der Waals surface area (Å²) >= 11 is 1.36. The van der Waals surface area contributed by atoms with Crippen LogP contribution in [0.3, 0.4) is 0 Å². The number of rotatable bonds is 8. The van der Waals surface area contributed by atoms with E-state index >= 15 is 0 Å². The zero-order chi connectivity index (χ0) is 19.2. The molecule has 1 aromatic carbocycles. The third-order valence-electron chi connectivity index (χ3n) is 4.01. The molecule has 1 aliphatic carbocycles. The van der Waals surface area contributed by atoms with Gasteiger partial charge in [-0.25, -0.2) is 14.6 Å². The molecule has 27 heavy (non-hydrogen) atoms. The van der Waals surface area contributed by atoms with Gasteiger partial charge < -0.3 is 19.7 Å². The van der Waals surface area contributed by atoms with Crippen LogP contribution in [-0.4, -0.2) is 41.1 Å². The van der Waals surface area contributed by atoms with Gasteiger partial charge in [-0.1, -0.05) is 0 Å². The predicted molar refractivity (Wildman–Crippen MR) is 103 cm³/mol. The Morgan fingerprint density at radius 3 is 2.59 bits per heavy atom. The van der Waals surface area contributed by atoms with Crippen LogP contribution >= 0.6 is 11.3 Å². The van der Waals surface area contributed by atoms with Crippen molar-refractivity contribution < 1.29 is 19.1 Å². The average Bonchev–Trinajstić information content (AvgIpc) is 3.39. The smallest absolute Gasteiger partial charge is 0.357 e. The minimum Gasteiger partial charge on any atom is -0.494 e. The monoisotopic (exact) mass is 389 g/mol. The molecule has 8 heteroatoms. The van der Waals surface area contributed by atoms with Crippen molar-refractivity contribution in [2.24, 2.45) is 0 Å². The quantitative estimate of drug-likeness (QED) is 0.692. The van der Waals surface area contributed by atoms with Gasteiger partial charge in [0.05, 0.1) is 19.8 Å². The molecule has 0 aliphatic heterocycles. The number of benzene rings is 1. The van der Waals surface area contributed by atoms with E-state index in [-0.39, 0.29) is 12.1 Å². The third-order valence-corrected chi connectivity index (χ3v) is 4.84. The summed E-state index contributed by atoms with van der Waals surface area (Å²) in [7, 11) is 0. The predicted octanol–water partition coefficient (Wildman–Crippen LogP) is 3.92. The Morgan fingerprint density at radius 2 is 1.96 bits per heavy atom. The van der Waals surface area contributed by atoms with Gasteiger partial charge in [-0.15, -0.1) is 11.3 Å². The normalized spacial score (nSPS) is 13.1. The van der Waals surface area contributed by atoms with Crippen molar-refractivity contribution in [3.63, 3.8) is 0 Å². The van der Waals surface area contributed by atoms with Gasteiger partial charge in [0, 0.05) is 17.1 Å². The van der Waals surface area contributed by atoms with E-state index in [4.69, 9.17) is 9.47 Å². The van der Waals surface area contributed by atoms with Crippen molar-refractivity contribution >= 4 is 29.0 Å². The molecular formula is C19H23N3O4S. The van der Waals surface area contributed by atoms with Gasteiger partial charge in [-0.3, -0.25) is 0 Å². The Balaban J connectivity index is 1.63. The molecule has 3 rings (SSSR count). The molecule has 0 spiro atoms. The zero-order valence-corrected chi connectivity index (χ0v) is 16.3. The Kier molecular flexibility index (Phi) is 6.28. The molecule has 144 valence electrons. The number of esters is 1. The number of carbonyl (C=O) groups excluding carboxylic acids is 2. The van der Waals surface area contributed by atoms with E-state index in [0.29, 0.717) is 36.1 Å². The highest BCUT2D eigenvalue weighted by Gasteiger charge is 2.33. The van der Waals surface area contributed by atoms with Gasteiger partial charge in [0.2, 0.25) is 0 Å². The lowest BCUT2D eigenvalue weighted by molar-refractivity contribution is 0.0520. The van der Waals surface area contributed by atoms with E-state index in [1.54, 1.807) is 17.2 Å².